The summed E-state index contributed by atoms with van der Waals surface area (Å²) in [6.07, 6.45) is 17.1. The summed E-state index contributed by atoms with van der Waals surface area (Å²) in [5.74, 6) is 5.28. The summed E-state index contributed by atoms with van der Waals surface area (Å²) in [5, 5.41) is 2.66. The molecule has 218 valence electrons. The van der Waals surface area contributed by atoms with E-state index in [1.54, 1.807) is 0 Å². The van der Waals surface area contributed by atoms with Crippen molar-refractivity contribution in [2.24, 2.45) is 23.2 Å². The second-order valence-corrected chi connectivity index (χ2v) is 14.9. The normalized spacial score (nSPS) is 26.7. The summed E-state index contributed by atoms with van der Waals surface area (Å²) in [6.45, 7) is 16.1. The molecule has 0 atom stereocenters. The third-order valence-electron chi connectivity index (χ3n) is 9.47. The van der Waals surface area contributed by atoms with Crippen molar-refractivity contribution < 1.29 is 9.47 Å². The third kappa shape index (κ3) is 8.40. The van der Waals surface area contributed by atoms with Crippen molar-refractivity contribution in [3.05, 3.63) is 35.9 Å². The van der Waals surface area contributed by atoms with Crippen LogP contribution in [0.1, 0.15) is 143 Å². The number of hydrogen-bond donors (Lipinski definition) is 0. The monoisotopic (exact) mass is 534 g/mol. The molecule has 3 saturated carbocycles. The van der Waals surface area contributed by atoms with E-state index in [-0.39, 0.29) is 0 Å². The molecule has 3 aliphatic carbocycles. The molecule has 2 aromatic rings. The maximum atomic E-state index is 6.91. The predicted octanol–water partition coefficient (Wildman–Crippen LogP) is 11.5. The predicted molar refractivity (Wildman–Crippen MR) is 168 cm³/mol. The van der Waals surface area contributed by atoms with Gasteiger partial charge in [0.1, 0.15) is 11.5 Å². The molecule has 2 heteroatoms. The zero-order chi connectivity index (χ0) is 28.0. The van der Waals surface area contributed by atoms with Crippen molar-refractivity contribution in [3.8, 4) is 11.5 Å². The molecule has 39 heavy (non-hydrogen) atoms. The SMILES string of the molecule is CC(C)C.CC1CCC(Oc2cc(OC3CCC(C(C)(C)C)CC3)c3ccccc3c2C2CCCCC2)CC1. The Morgan fingerprint density at radius 2 is 1.18 bits per heavy atom. The van der Waals surface area contributed by atoms with Crippen LogP contribution >= 0.6 is 0 Å². The first-order chi connectivity index (χ1) is 18.6. The van der Waals surface area contributed by atoms with E-state index in [2.05, 4.69) is 78.8 Å². The standard InChI is InChI=1S/C33H48O2.C4H10/c1-23-14-18-26(19-15-23)35-31-22-30(34-27-20-16-25(17-21-27)33(2,3)4)28-12-8-9-13-29(28)32(31)24-10-6-5-7-11-24;1-4(2)3/h8-9,12-13,22-27H,5-7,10-11,14-21H2,1-4H3;4H,1-3H3. The second kappa shape index (κ2) is 13.8. The quantitative estimate of drug-likeness (QED) is 0.380. The first kappa shape index (κ1) is 30.3. The van der Waals surface area contributed by atoms with Gasteiger partial charge in [0.25, 0.3) is 0 Å². The Morgan fingerprint density at radius 3 is 1.74 bits per heavy atom. The lowest BCUT2D eigenvalue weighted by Crippen LogP contribution is -2.30. The molecule has 2 aromatic carbocycles. The maximum Gasteiger partial charge on any atom is 0.131 e. The van der Waals surface area contributed by atoms with Crippen LogP contribution < -0.4 is 9.47 Å². The molecule has 0 aliphatic heterocycles. The second-order valence-electron chi connectivity index (χ2n) is 14.9. The topological polar surface area (TPSA) is 18.5 Å². The van der Waals surface area contributed by atoms with Crippen molar-refractivity contribution in [1.29, 1.82) is 0 Å². The Kier molecular flexibility index (Phi) is 10.7. The molecule has 3 fully saturated rings. The summed E-state index contributed by atoms with van der Waals surface area (Å²) in [7, 11) is 0. The molecular weight excluding hydrogens is 476 g/mol. The summed E-state index contributed by atoms with van der Waals surface area (Å²) in [5.41, 5.74) is 1.88. The minimum absolute atomic E-state index is 0.320. The molecule has 0 unspecified atom stereocenters. The smallest absolute Gasteiger partial charge is 0.131 e. The van der Waals surface area contributed by atoms with E-state index in [9.17, 15) is 0 Å². The fourth-order valence-electron chi connectivity index (χ4n) is 7.10. The van der Waals surface area contributed by atoms with Crippen LogP contribution in [0.4, 0.5) is 0 Å². The minimum Gasteiger partial charge on any atom is -0.490 e. The zero-order valence-corrected chi connectivity index (χ0v) is 26.4. The van der Waals surface area contributed by atoms with Crippen molar-refractivity contribution >= 4 is 10.8 Å². The van der Waals surface area contributed by atoms with Gasteiger partial charge in [0.05, 0.1) is 12.2 Å². The molecule has 3 aliphatic rings. The third-order valence-corrected chi connectivity index (χ3v) is 9.47. The Bertz CT molecular complexity index is 1010. The van der Waals surface area contributed by atoms with Gasteiger partial charge < -0.3 is 9.47 Å². The highest BCUT2D eigenvalue weighted by Crippen LogP contribution is 2.47. The number of ether oxygens (including phenoxy) is 2. The first-order valence-electron chi connectivity index (χ1n) is 16.5. The summed E-state index contributed by atoms with van der Waals surface area (Å²) in [4.78, 5) is 0. The summed E-state index contributed by atoms with van der Waals surface area (Å²) in [6, 6.07) is 11.3. The highest BCUT2D eigenvalue weighted by Gasteiger charge is 2.32. The molecule has 2 nitrogen and oxygen atoms in total. The molecular formula is C37H58O2. The van der Waals surface area contributed by atoms with Crippen LogP contribution in [0.5, 0.6) is 11.5 Å². The van der Waals surface area contributed by atoms with E-state index in [0.717, 1.165) is 42.1 Å². The van der Waals surface area contributed by atoms with Crippen LogP contribution in [0.3, 0.4) is 0 Å². The van der Waals surface area contributed by atoms with Gasteiger partial charge in [-0.05, 0) is 98.7 Å². The van der Waals surface area contributed by atoms with E-state index < -0.39 is 0 Å². The average molecular weight is 535 g/mol. The van der Waals surface area contributed by atoms with E-state index in [0.29, 0.717) is 23.5 Å². The Morgan fingerprint density at radius 1 is 0.667 bits per heavy atom. The zero-order valence-electron chi connectivity index (χ0n) is 26.4. The first-order valence-corrected chi connectivity index (χ1v) is 16.5. The largest absolute Gasteiger partial charge is 0.490 e. The van der Waals surface area contributed by atoms with Crippen LogP contribution in [0.25, 0.3) is 10.8 Å². The van der Waals surface area contributed by atoms with Crippen LogP contribution in [0.15, 0.2) is 30.3 Å². The van der Waals surface area contributed by atoms with Crippen LogP contribution in [0, 0.1) is 23.2 Å². The number of benzene rings is 2. The van der Waals surface area contributed by atoms with Crippen molar-refractivity contribution in [2.45, 2.75) is 150 Å². The van der Waals surface area contributed by atoms with E-state index in [1.165, 1.54) is 87.0 Å². The van der Waals surface area contributed by atoms with E-state index >= 15 is 0 Å². The minimum atomic E-state index is 0.320. The van der Waals surface area contributed by atoms with Crippen molar-refractivity contribution in [3.63, 3.8) is 0 Å². The van der Waals surface area contributed by atoms with Crippen LogP contribution in [-0.2, 0) is 0 Å². The molecule has 0 radical (unpaired) electrons. The molecule has 0 amide bonds. The highest BCUT2D eigenvalue weighted by atomic mass is 16.5. The van der Waals surface area contributed by atoms with E-state index in [1.807, 2.05) is 0 Å². The molecule has 0 saturated heterocycles. The van der Waals surface area contributed by atoms with Gasteiger partial charge in [-0.1, -0.05) is 92.0 Å². The fraction of sp³-hybridized carbons (Fsp3) is 0.730. The van der Waals surface area contributed by atoms with Gasteiger partial charge in [0.2, 0.25) is 0 Å². The van der Waals surface area contributed by atoms with Gasteiger partial charge in [0.15, 0.2) is 0 Å². The molecule has 5 rings (SSSR count). The van der Waals surface area contributed by atoms with Gasteiger partial charge >= 0.3 is 0 Å². The lowest BCUT2D eigenvalue weighted by Gasteiger charge is -2.37. The Hall–Kier alpha value is -1.70. The van der Waals surface area contributed by atoms with Gasteiger partial charge in [-0.3, -0.25) is 0 Å². The lowest BCUT2D eigenvalue weighted by atomic mass is 9.72. The number of hydrogen-bond acceptors (Lipinski definition) is 2. The van der Waals surface area contributed by atoms with Gasteiger partial charge in [0, 0.05) is 17.0 Å². The number of fused-ring (bicyclic) bond motifs is 1. The van der Waals surface area contributed by atoms with Gasteiger partial charge in [-0.25, -0.2) is 0 Å². The molecule has 0 N–H and O–H groups in total. The molecule has 0 heterocycles. The molecule has 0 aromatic heterocycles. The average Bonchev–Trinajstić information content (AvgIpc) is 2.90. The van der Waals surface area contributed by atoms with Crippen LogP contribution in [-0.4, -0.2) is 12.2 Å². The summed E-state index contributed by atoms with van der Waals surface area (Å²) < 4.78 is 13.7. The Balaban J connectivity index is 0.000000826. The summed E-state index contributed by atoms with van der Waals surface area (Å²) >= 11 is 0. The lowest BCUT2D eigenvalue weighted by molar-refractivity contribution is 0.0884. The van der Waals surface area contributed by atoms with Gasteiger partial charge in [-0.2, -0.15) is 0 Å². The maximum absolute atomic E-state index is 6.91. The Labute approximate surface area is 240 Å². The number of rotatable bonds is 5. The fourth-order valence-corrected chi connectivity index (χ4v) is 7.10. The molecule has 0 spiro atoms. The highest BCUT2D eigenvalue weighted by molar-refractivity contribution is 5.93. The van der Waals surface area contributed by atoms with Gasteiger partial charge in [-0.15, -0.1) is 0 Å². The van der Waals surface area contributed by atoms with Crippen molar-refractivity contribution in [2.75, 3.05) is 0 Å². The molecule has 0 bridgehead atoms. The van der Waals surface area contributed by atoms with E-state index in [4.69, 9.17) is 9.47 Å². The van der Waals surface area contributed by atoms with Crippen LogP contribution in [0.2, 0.25) is 0 Å². The van der Waals surface area contributed by atoms with Crippen molar-refractivity contribution in [1.82, 2.24) is 0 Å².